The summed E-state index contributed by atoms with van der Waals surface area (Å²) < 4.78 is 13.3. The standard InChI is InChI=1S/C18H30FN3O.HI/c1-4-6-15(9-10-23)12-21-18(20-5-2)22-13-16-7-8-17(19)14(3)11-16;/h7-8,11,15,23H,4-6,9-10,12-13H2,1-3H3,(H2,20,21,22);1H. The van der Waals surface area contributed by atoms with Gasteiger partial charge in [0.1, 0.15) is 5.82 Å². The predicted molar refractivity (Wildman–Crippen MR) is 109 cm³/mol. The normalized spacial score (nSPS) is 12.5. The molecule has 1 aromatic rings. The molecule has 0 saturated carbocycles. The van der Waals surface area contributed by atoms with Crippen molar-refractivity contribution < 1.29 is 9.50 Å². The summed E-state index contributed by atoms with van der Waals surface area (Å²) in [5.41, 5.74) is 1.63. The minimum absolute atomic E-state index is 0. The van der Waals surface area contributed by atoms with E-state index in [9.17, 15) is 4.39 Å². The fourth-order valence-corrected chi connectivity index (χ4v) is 2.50. The lowest BCUT2D eigenvalue weighted by Crippen LogP contribution is -2.40. The molecule has 0 aliphatic carbocycles. The van der Waals surface area contributed by atoms with E-state index in [0.717, 1.165) is 43.9 Å². The molecule has 0 heterocycles. The van der Waals surface area contributed by atoms with Crippen molar-refractivity contribution in [3.63, 3.8) is 0 Å². The molecule has 3 N–H and O–H groups in total. The van der Waals surface area contributed by atoms with E-state index in [4.69, 9.17) is 5.11 Å². The molecule has 0 saturated heterocycles. The molecule has 0 spiro atoms. The van der Waals surface area contributed by atoms with Crippen LogP contribution in [0.5, 0.6) is 0 Å². The van der Waals surface area contributed by atoms with Crippen LogP contribution in [0.2, 0.25) is 0 Å². The second-order valence-corrected chi connectivity index (χ2v) is 5.83. The van der Waals surface area contributed by atoms with Crippen molar-refractivity contribution in [1.82, 2.24) is 10.6 Å². The Morgan fingerprint density at radius 2 is 2.00 bits per heavy atom. The Balaban J connectivity index is 0.00000529. The number of nitrogens with one attached hydrogen (secondary N) is 2. The summed E-state index contributed by atoms with van der Waals surface area (Å²) in [4.78, 5) is 4.56. The van der Waals surface area contributed by atoms with Crippen LogP contribution in [0.25, 0.3) is 0 Å². The lowest BCUT2D eigenvalue weighted by atomic mass is 10.0. The summed E-state index contributed by atoms with van der Waals surface area (Å²) in [5.74, 6) is 1.02. The Hall–Kier alpha value is -0.890. The number of hydrogen-bond acceptors (Lipinski definition) is 2. The van der Waals surface area contributed by atoms with E-state index >= 15 is 0 Å². The topological polar surface area (TPSA) is 56.6 Å². The van der Waals surface area contributed by atoms with Gasteiger partial charge in [-0.15, -0.1) is 24.0 Å². The Morgan fingerprint density at radius 1 is 1.25 bits per heavy atom. The number of aliphatic hydroxyl groups is 1. The molecule has 0 amide bonds. The molecule has 1 unspecified atom stereocenters. The fourth-order valence-electron chi connectivity index (χ4n) is 2.50. The summed E-state index contributed by atoms with van der Waals surface area (Å²) >= 11 is 0. The van der Waals surface area contributed by atoms with Crippen molar-refractivity contribution >= 4 is 29.9 Å². The number of guanidine groups is 1. The zero-order valence-electron chi connectivity index (χ0n) is 14.9. The van der Waals surface area contributed by atoms with Crippen LogP contribution in [0.3, 0.4) is 0 Å². The number of rotatable bonds is 9. The molecule has 0 bridgehead atoms. The summed E-state index contributed by atoms with van der Waals surface area (Å²) in [6.45, 7) is 8.24. The molecule has 0 radical (unpaired) electrons. The molecule has 24 heavy (non-hydrogen) atoms. The summed E-state index contributed by atoms with van der Waals surface area (Å²) in [6, 6.07) is 5.08. The largest absolute Gasteiger partial charge is 0.396 e. The Labute approximate surface area is 162 Å². The van der Waals surface area contributed by atoms with Gasteiger partial charge in [0.25, 0.3) is 0 Å². The fraction of sp³-hybridized carbons (Fsp3) is 0.611. The third-order valence-corrected chi connectivity index (χ3v) is 3.78. The van der Waals surface area contributed by atoms with Gasteiger partial charge in [0.15, 0.2) is 5.96 Å². The molecule has 138 valence electrons. The van der Waals surface area contributed by atoms with Gasteiger partial charge in [-0.05, 0) is 49.8 Å². The SMILES string of the molecule is CCCC(CCO)CNC(=NCc1ccc(F)c(C)c1)NCC.I. The van der Waals surface area contributed by atoms with Crippen LogP contribution in [0.4, 0.5) is 4.39 Å². The molecule has 0 fully saturated rings. The zero-order chi connectivity index (χ0) is 17.1. The summed E-state index contributed by atoms with van der Waals surface area (Å²) in [5, 5.41) is 15.7. The third kappa shape index (κ3) is 8.82. The van der Waals surface area contributed by atoms with Gasteiger partial charge in [-0.2, -0.15) is 0 Å². The van der Waals surface area contributed by atoms with Gasteiger partial charge in [0, 0.05) is 19.7 Å². The van der Waals surface area contributed by atoms with E-state index in [1.165, 1.54) is 6.07 Å². The first-order valence-corrected chi connectivity index (χ1v) is 8.48. The first-order chi connectivity index (χ1) is 11.1. The first kappa shape index (κ1) is 23.1. The average Bonchev–Trinajstić information content (AvgIpc) is 2.53. The van der Waals surface area contributed by atoms with Gasteiger partial charge >= 0.3 is 0 Å². The lowest BCUT2D eigenvalue weighted by molar-refractivity contribution is 0.251. The molecule has 0 aliphatic rings. The smallest absolute Gasteiger partial charge is 0.191 e. The van der Waals surface area contributed by atoms with Gasteiger partial charge in [0.05, 0.1) is 6.54 Å². The number of hydrogen-bond donors (Lipinski definition) is 3. The minimum atomic E-state index is -0.186. The molecular weight excluding hydrogens is 420 g/mol. The quantitative estimate of drug-likeness (QED) is 0.306. The molecule has 6 heteroatoms. The number of halogens is 2. The van der Waals surface area contributed by atoms with E-state index in [1.807, 2.05) is 13.0 Å². The summed E-state index contributed by atoms with van der Waals surface area (Å²) in [7, 11) is 0. The van der Waals surface area contributed by atoms with Gasteiger partial charge in [0.2, 0.25) is 0 Å². The van der Waals surface area contributed by atoms with Gasteiger partial charge < -0.3 is 15.7 Å². The maximum Gasteiger partial charge on any atom is 0.191 e. The van der Waals surface area contributed by atoms with Gasteiger partial charge in [-0.3, -0.25) is 0 Å². The van der Waals surface area contributed by atoms with Crippen LogP contribution >= 0.6 is 24.0 Å². The molecule has 1 atom stereocenters. The van der Waals surface area contributed by atoms with E-state index in [1.54, 1.807) is 13.0 Å². The van der Waals surface area contributed by atoms with Crippen LogP contribution in [-0.4, -0.2) is 30.8 Å². The number of aliphatic imine (C=N–C) groups is 1. The minimum Gasteiger partial charge on any atom is -0.396 e. The third-order valence-electron chi connectivity index (χ3n) is 3.78. The van der Waals surface area contributed by atoms with E-state index in [2.05, 4.69) is 22.5 Å². The van der Waals surface area contributed by atoms with Crippen LogP contribution in [0, 0.1) is 18.7 Å². The Kier molecular flexibility index (Phi) is 12.9. The number of aliphatic hydroxyl groups excluding tert-OH is 1. The van der Waals surface area contributed by atoms with Crippen LogP contribution in [0.15, 0.2) is 23.2 Å². The molecule has 1 rings (SSSR count). The van der Waals surface area contributed by atoms with Crippen LogP contribution < -0.4 is 10.6 Å². The highest BCUT2D eigenvalue weighted by atomic mass is 127. The molecule has 1 aromatic carbocycles. The molecule has 0 aliphatic heterocycles. The molecule has 4 nitrogen and oxygen atoms in total. The predicted octanol–water partition coefficient (Wildman–Crippen LogP) is 3.61. The first-order valence-electron chi connectivity index (χ1n) is 8.48. The summed E-state index contributed by atoms with van der Waals surface area (Å²) in [6.07, 6.45) is 3.00. The maximum absolute atomic E-state index is 13.3. The molecule has 0 aromatic heterocycles. The maximum atomic E-state index is 13.3. The zero-order valence-corrected chi connectivity index (χ0v) is 17.3. The Bertz CT molecular complexity index is 491. The van der Waals surface area contributed by atoms with Crippen molar-refractivity contribution in [2.24, 2.45) is 10.9 Å². The van der Waals surface area contributed by atoms with Crippen molar-refractivity contribution in [2.45, 2.75) is 46.6 Å². The van der Waals surface area contributed by atoms with Crippen molar-refractivity contribution in [2.75, 3.05) is 19.7 Å². The van der Waals surface area contributed by atoms with Crippen LogP contribution in [0.1, 0.15) is 44.2 Å². The van der Waals surface area contributed by atoms with E-state index < -0.39 is 0 Å². The van der Waals surface area contributed by atoms with Crippen LogP contribution in [-0.2, 0) is 6.54 Å². The van der Waals surface area contributed by atoms with Crippen molar-refractivity contribution in [1.29, 1.82) is 0 Å². The molecular formula is C18H31FIN3O. The number of nitrogens with zero attached hydrogens (tertiary/aromatic N) is 1. The average molecular weight is 451 g/mol. The lowest BCUT2D eigenvalue weighted by Gasteiger charge is -2.18. The monoisotopic (exact) mass is 451 g/mol. The highest BCUT2D eigenvalue weighted by Gasteiger charge is 2.08. The highest BCUT2D eigenvalue weighted by molar-refractivity contribution is 14.0. The number of aryl methyl sites for hydroxylation is 1. The van der Waals surface area contributed by atoms with Crippen molar-refractivity contribution in [3.8, 4) is 0 Å². The highest BCUT2D eigenvalue weighted by Crippen LogP contribution is 2.11. The van der Waals surface area contributed by atoms with E-state index in [-0.39, 0.29) is 36.4 Å². The second-order valence-electron chi connectivity index (χ2n) is 5.83. The number of benzene rings is 1. The van der Waals surface area contributed by atoms with Crippen molar-refractivity contribution in [3.05, 3.63) is 35.1 Å². The second kappa shape index (κ2) is 13.4. The Morgan fingerprint density at radius 3 is 2.58 bits per heavy atom. The van der Waals surface area contributed by atoms with Gasteiger partial charge in [-0.25, -0.2) is 9.38 Å². The van der Waals surface area contributed by atoms with E-state index in [0.29, 0.717) is 18.0 Å². The van der Waals surface area contributed by atoms with Gasteiger partial charge in [-0.1, -0.05) is 25.5 Å².